The fourth-order valence-electron chi connectivity index (χ4n) is 2.11. The standard InChI is InChI=1S/C10H22N2/c1-9(11)7-12-6-4-5-10(2,3)8-12/h9H,4-8,11H2,1-3H3. The van der Waals surface area contributed by atoms with Crippen molar-refractivity contribution in [2.24, 2.45) is 11.1 Å². The number of likely N-dealkylation sites (tertiary alicyclic amines) is 1. The number of nitrogens with two attached hydrogens (primary N) is 1. The largest absolute Gasteiger partial charge is 0.327 e. The maximum Gasteiger partial charge on any atom is 0.0139 e. The first-order chi connectivity index (χ1) is 5.49. The average molecular weight is 170 g/mol. The summed E-state index contributed by atoms with van der Waals surface area (Å²) < 4.78 is 0. The van der Waals surface area contributed by atoms with E-state index in [1.165, 1.54) is 25.9 Å². The molecule has 1 unspecified atom stereocenters. The third kappa shape index (κ3) is 3.11. The summed E-state index contributed by atoms with van der Waals surface area (Å²) in [5.41, 5.74) is 6.28. The Morgan fingerprint density at radius 3 is 2.67 bits per heavy atom. The van der Waals surface area contributed by atoms with E-state index >= 15 is 0 Å². The zero-order valence-corrected chi connectivity index (χ0v) is 8.64. The van der Waals surface area contributed by atoms with E-state index in [9.17, 15) is 0 Å². The highest BCUT2D eigenvalue weighted by molar-refractivity contribution is 4.80. The normalized spacial score (nSPS) is 27.0. The van der Waals surface area contributed by atoms with Crippen molar-refractivity contribution in [3.05, 3.63) is 0 Å². The minimum atomic E-state index is 0.318. The lowest BCUT2D eigenvalue weighted by Gasteiger charge is -2.38. The second kappa shape index (κ2) is 3.75. The van der Waals surface area contributed by atoms with Gasteiger partial charge in [-0.1, -0.05) is 13.8 Å². The zero-order chi connectivity index (χ0) is 9.19. The molecule has 0 radical (unpaired) electrons. The average Bonchev–Trinajstić information content (AvgIpc) is 1.82. The van der Waals surface area contributed by atoms with Crippen LogP contribution >= 0.6 is 0 Å². The van der Waals surface area contributed by atoms with Gasteiger partial charge >= 0.3 is 0 Å². The molecule has 0 amide bonds. The summed E-state index contributed by atoms with van der Waals surface area (Å²) in [7, 11) is 0. The molecule has 12 heavy (non-hydrogen) atoms. The number of hydrogen-bond donors (Lipinski definition) is 1. The molecule has 2 nitrogen and oxygen atoms in total. The fourth-order valence-corrected chi connectivity index (χ4v) is 2.11. The summed E-state index contributed by atoms with van der Waals surface area (Å²) in [6, 6.07) is 0.318. The van der Waals surface area contributed by atoms with Crippen LogP contribution < -0.4 is 5.73 Å². The van der Waals surface area contributed by atoms with Crippen LogP contribution in [0.1, 0.15) is 33.6 Å². The monoisotopic (exact) mass is 170 g/mol. The molecule has 0 aromatic carbocycles. The van der Waals surface area contributed by atoms with Gasteiger partial charge in [-0.05, 0) is 31.7 Å². The molecule has 0 saturated carbocycles. The third-order valence-electron chi connectivity index (χ3n) is 2.53. The lowest BCUT2D eigenvalue weighted by Crippen LogP contribution is -2.44. The van der Waals surface area contributed by atoms with Crippen LogP contribution in [0.2, 0.25) is 0 Å². The van der Waals surface area contributed by atoms with Gasteiger partial charge in [-0.2, -0.15) is 0 Å². The molecule has 1 saturated heterocycles. The minimum absolute atomic E-state index is 0.318. The zero-order valence-electron chi connectivity index (χ0n) is 8.64. The molecular weight excluding hydrogens is 148 g/mol. The molecule has 1 fully saturated rings. The van der Waals surface area contributed by atoms with Crippen molar-refractivity contribution in [1.82, 2.24) is 4.90 Å². The Morgan fingerprint density at radius 1 is 1.50 bits per heavy atom. The second-order valence-electron chi connectivity index (χ2n) is 4.98. The Morgan fingerprint density at radius 2 is 2.17 bits per heavy atom. The van der Waals surface area contributed by atoms with Gasteiger partial charge < -0.3 is 10.6 Å². The SMILES string of the molecule is CC(N)CN1CCCC(C)(C)C1. The van der Waals surface area contributed by atoms with Crippen LogP contribution in [-0.4, -0.2) is 30.6 Å². The summed E-state index contributed by atoms with van der Waals surface area (Å²) >= 11 is 0. The van der Waals surface area contributed by atoms with E-state index in [1.54, 1.807) is 0 Å². The summed E-state index contributed by atoms with van der Waals surface area (Å²) in [5.74, 6) is 0. The van der Waals surface area contributed by atoms with Crippen LogP contribution in [0.3, 0.4) is 0 Å². The van der Waals surface area contributed by atoms with Gasteiger partial charge in [-0.3, -0.25) is 0 Å². The van der Waals surface area contributed by atoms with E-state index in [0.717, 1.165) is 6.54 Å². The van der Waals surface area contributed by atoms with Crippen molar-refractivity contribution in [3.63, 3.8) is 0 Å². The lowest BCUT2D eigenvalue weighted by molar-refractivity contribution is 0.113. The van der Waals surface area contributed by atoms with Crippen LogP contribution in [0, 0.1) is 5.41 Å². The van der Waals surface area contributed by atoms with Crippen LogP contribution in [0.25, 0.3) is 0 Å². The van der Waals surface area contributed by atoms with Gasteiger partial charge in [0.1, 0.15) is 0 Å². The summed E-state index contributed by atoms with van der Waals surface area (Å²) in [5, 5.41) is 0. The smallest absolute Gasteiger partial charge is 0.0139 e. The molecular formula is C10H22N2. The number of rotatable bonds is 2. The molecule has 2 N–H and O–H groups in total. The predicted molar refractivity (Wildman–Crippen MR) is 53.1 cm³/mol. The van der Waals surface area contributed by atoms with Crippen LogP contribution in [0.15, 0.2) is 0 Å². The summed E-state index contributed by atoms with van der Waals surface area (Å²) in [6.07, 6.45) is 2.70. The van der Waals surface area contributed by atoms with E-state index in [2.05, 4.69) is 25.7 Å². The van der Waals surface area contributed by atoms with E-state index in [1.807, 2.05) is 0 Å². The quantitative estimate of drug-likeness (QED) is 0.680. The summed E-state index contributed by atoms with van der Waals surface area (Å²) in [4.78, 5) is 2.49. The van der Waals surface area contributed by atoms with Gasteiger partial charge in [-0.25, -0.2) is 0 Å². The molecule has 1 aliphatic rings. The van der Waals surface area contributed by atoms with Crippen molar-refractivity contribution < 1.29 is 0 Å². The molecule has 0 aliphatic carbocycles. The van der Waals surface area contributed by atoms with Gasteiger partial charge in [-0.15, -0.1) is 0 Å². The number of hydrogen-bond acceptors (Lipinski definition) is 2. The first kappa shape index (κ1) is 10.0. The molecule has 1 atom stereocenters. The Hall–Kier alpha value is -0.0800. The molecule has 1 rings (SSSR count). The van der Waals surface area contributed by atoms with Crippen LogP contribution in [0.4, 0.5) is 0 Å². The Kier molecular flexibility index (Phi) is 3.13. The fraction of sp³-hybridized carbons (Fsp3) is 1.00. The van der Waals surface area contributed by atoms with Gasteiger partial charge in [0.05, 0.1) is 0 Å². The van der Waals surface area contributed by atoms with Crippen molar-refractivity contribution >= 4 is 0 Å². The highest BCUT2D eigenvalue weighted by Gasteiger charge is 2.26. The summed E-state index contributed by atoms with van der Waals surface area (Å²) in [6.45, 7) is 10.3. The maximum absolute atomic E-state index is 5.77. The molecule has 72 valence electrons. The lowest BCUT2D eigenvalue weighted by atomic mass is 9.84. The Balaban J connectivity index is 2.36. The van der Waals surface area contributed by atoms with E-state index in [0.29, 0.717) is 11.5 Å². The molecule has 0 bridgehead atoms. The minimum Gasteiger partial charge on any atom is -0.327 e. The number of piperidine rings is 1. The first-order valence-corrected chi connectivity index (χ1v) is 4.97. The first-order valence-electron chi connectivity index (χ1n) is 4.97. The molecule has 0 aromatic rings. The van der Waals surface area contributed by atoms with Gasteiger partial charge in [0, 0.05) is 19.1 Å². The van der Waals surface area contributed by atoms with Gasteiger partial charge in [0.25, 0.3) is 0 Å². The van der Waals surface area contributed by atoms with Crippen molar-refractivity contribution in [1.29, 1.82) is 0 Å². The number of nitrogens with zero attached hydrogens (tertiary/aromatic N) is 1. The van der Waals surface area contributed by atoms with Crippen molar-refractivity contribution in [2.75, 3.05) is 19.6 Å². The Labute approximate surface area is 76.1 Å². The molecule has 1 aliphatic heterocycles. The second-order valence-corrected chi connectivity index (χ2v) is 4.98. The van der Waals surface area contributed by atoms with Crippen LogP contribution in [-0.2, 0) is 0 Å². The van der Waals surface area contributed by atoms with E-state index in [4.69, 9.17) is 5.73 Å². The van der Waals surface area contributed by atoms with Crippen LogP contribution in [0.5, 0.6) is 0 Å². The van der Waals surface area contributed by atoms with Crippen molar-refractivity contribution in [2.45, 2.75) is 39.7 Å². The predicted octanol–water partition coefficient (Wildman–Crippen LogP) is 1.46. The van der Waals surface area contributed by atoms with Gasteiger partial charge in [0.2, 0.25) is 0 Å². The molecule has 0 spiro atoms. The van der Waals surface area contributed by atoms with Crippen molar-refractivity contribution in [3.8, 4) is 0 Å². The topological polar surface area (TPSA) is 29.3 Å². The molecule has 0 aromatic heterocycles. The van der Waals surface area contributed by atoms with E-state index < -0.39 is 0 Å². The Bertz CT molecular complexity index is 141. The highest BCUT2D eigenvalue weighted by atomic mass is 15.1. The molecule has 1 heterocycles. The van der Waals surface area contributed by atoms with Gasteiger partial charge in [0.15, 0.2) is 0 Å². The highest BCUT2D eigenvalue weighted by Crippen LogP contribution is 2.28. The maximum atomic E-state index is 5.77. The third-order valence-corrected chi connectivity index (χ3v) is 2.53. The van der Waals surface area contributed by atoms with E-state index in [-0.39, 0.29) is 0 Å². The molecule has 2 heteroatoms.